The SMILES string of the molecule is Cc1cc(C)cc(COc2ccc(F)cc2CCl)c1. The molecule has 0 bridgehead atoms. The van der Waals surface area contributed by atoms with Crippen molar-refractivity contribution in [1.82, 2.24) is 0 Å². The molecule has 0 aromatic heterocycles. The molecule has 0 radical (unpaired) electrons. The van der Waals surface area contributed by atoms with E-state index in [1.54, 1.807) is 6.07 Å². The maximum atomic E-state index is 13.1. The molecule has 0 unspecified atom stereocenters. The highest BCUT2D eigenvalue weighted by atomic mass is 35.5. The Balaban J connectivity index is 2.14. The predicted octanol–water partition coefficient (Wildman–Crippen LogP) is 4.76. The lowest BCUT2D eigenvalue weighted by molar-refractivity contribution is 0.303. The zero-order chi connectivity index (χ0) is 13.8. The first-order chi connectivity index (χ1) is 9.08. The van der Waals surface area contributed by atoms with E-state index in [2.05, 4.69) is 32.0 Å². The molecule has 0 N–H and O–H groups in total. The Morgan fingerprint density at radius 2 is 1.74 bits per heavy atom. The van der Waals surface area contributed by atoms with Crippen molar-refractivity contribution >= 4 is 11.6 Å². The molecule has 2 aromatic carbocycles. The molecule has 19 heavy (non-hydrogen) atoms. The molecule has 2 rings (SSSR count). The smallest absolute Gasteiger partial charge is 0.124 e. The molecular formula is C16H16ClFO. The van der Waals surface area contributed by atoms with Crippen LogP contribution in [0.4, 0.5) is 4.39 Å². The largest absolute Gasteiger partial charge is 0.489 e. The minimum atomic E-state index is -0.297. The molecule has 0 heterocycles. The fraction of sp³-hybridized carbons (Fsp3) is 0.250. The van der Waals surface area contributed by atoms with Crippen LogP contribution >= 0.6 is 11.6 Å². The van der Waals surface area contributed by atoms with E-state index in [4.69, 9.17) is 16.3 Å². The lowest BCUT2D eigenvalue weighted by Gasteiger charge is -2.11. The third-order valence-corrected chi connectivity index (χ3v) is 3.13. The van der Waals surface area contributed by atoms with E-state index in [9.17, 15) is 4.39 Å². The summed E-state index contributed by atoms with van der Waals surface area (Å²) in [6.07, 6.45) is 0. The number of hydrogen-bond acceptors (Lipinski definition) is 1. The van der Waals surface area contributed by atoms with Gasteiger partial charge in [0.15, 0.2) is 0 Å². The molecule has 2 aromatic rings. The van der Waals surface area contributed by atoms with Gasteiger partial charge >= 0.3 is 0 Å². The minimum Gasteiger partial charge on any atom is -0.489 e. The van der Waals surface area contributed by atoms with Gasteiger partial charge in [0.25, 0.3) is 0 Å². The van der Waals surface area contributed by atoms with Crippen molar-refractivity contribution in [1.29, 1.82) is 0 Å². The van der Waals surface area contributed by atoms with E-state index < -0.39 is 0 Å². The normalized spacial score (nSPS) is 10.5. The Morgan fingerprint density at radius 3 is 2.37 bits per heavy atom. The van der Waals surface area contributed by atoms with Gasteiger partial charge in [-0.25, -0.2) is 4.39 Å². The fourth-order valence-corrected chi connectivity index (χ4v) is 2.32. The first-order valence-corrected chi connectivity index (χ1v) is 6.66. The molecule has 0 aliphatic heterocycles. The van der Waals surface area contributed by atoms with Crippen molar-refractivity contribution in [2.75, 3.05) is 0 Å². The number of halogens is 2. The van der Waals surface area contributed by atoms with Crippen LogP contribution in [0.1, 0.15) is 22.3 Å². The van der Waals surface area contributed by atoms with E-state index in [-0.39, 0.29) is 11.7 Å². The summed E-state index contributed by atoms with van der Waals surface area (Å²) in [7, 11) is 0. The number of ether oxygens (including phenoxy) is 1. The van der Waals surface area contributed by atoms with Crippen LogP contribution in [0.25, 0.3) is 0 Å². The van der Waals surface area contributed by atoms with Gasteiger partial charge in [0.2, 0.25) is 0 Å². The third-order valence-electron chi connectivity index (χ3n) is 2.84. The van der Waals surface area contributed by atoms with Gasteiger partial charge in [-0.2, -0.15) is 0 Å². The van der Waals surface area contributed by atoms with Crippen LogP contribution in [0.3, 0.4) is 0 Å². The monoisotopic (exact) mass is 278 g/mol. The highest BCUT2D eigenvalue weighted by Gasteiger charge is 2.05. The average Bonchev–Trinajstić information content (AvgIpc) is 2.36. The standard InChI is InChI=1S/C16H16ClFO/c1-11-5-12(2)7-13(6-11)10-19-16-4-3-15(18)8-14(16)9-17/h3-8H,9-10H2,1-2H3. The first-order valence-electron chi connectivity index (χ1n) is 6.13. The van der Waals surface area contributed by atoms with Crippen molar-refractivity contribution in [3.63, 3.8) is 0 Å². The van der Waals surface area contributed by atoms with Gasteiger partial charge in [-0.15, -0.1) is 11.6 Å². The Bertz CT molecular complexity index is 561. The molecule has 100 valence electrons. The molecule has 0 aliphatic rings. The lowest BCUT2D eigenvalue weighted by atomic mass is 10.1. The van der Waals surface area contributed by atoms with Crippen molar-refractivity contribution in [2.24, 2.45) is 0 Å². The summed E-state index contributed by atoms with van der Waals surface area (Å²) in [4.78, 5) is 0. The average molecular weight is 279 g/mol. The number of benzene rings is 2. The second-order valence-electron chi connectivity index (χ2n) is 4.67. The van der Waals surface area contributed by atoms with Crippen LogP contribution in [-0.4, -0.2) is 0 Å². The highest BCUT2D eigenvalue weighted by molar-refractivity contribution is 6.17. The summed E-state index contributed by atoms with van der Waals surface area (Å²) >= 11 is 5.79. The first kappa shape index (κ1) is 13.9. The van der Waals surface area contributed by atoms with E-state index in [0.29, 0.717) is 17.9 Å². The number of hydrogen-bond donors (Lipinski definition) is 0. The van der Waals surface area contributed by atoms with E-state index in [1.165, 1.54) is 23.3 Å². The van der Waals surface area contributed by atoms with Gasteiger partial charge in [0.05, 0.1) is 5.88 Å². The van der Waals surface area contributed by atoms with Gasteiger partial charge in [-0.1, -0.05) is 29.3 Å². The second kappa shape index (κ2) is 6.07. The van der Waals surface area contributed by atoms with Gasteiger partial charge in [0.1, 0.15) is 18.2 Å². The van der Waals surface area contributed by atoms with Gasteiger partial charge < -0.3 is 4.74 Å². The molecule has 3 heteroatoms. The van der Waals surface area contributed by atoms with Crippen LogP contribution in [0.2, 0.25) is 0 Å². The summed E-state index contributed by atoms with van der Waals surface area (Å²) in [6, 6.07) is 10.7. The zero-order valence-electron chi connectivity index (χ0n) is 11.0. The Morgan fingerprint density at radius 1 is 1.05 bits per heavy atom. The molecule has 0 saturated carbocycles. The Labute approximate surface area is 118 Å². The molecule has 0 atom stereocenters. The predicted molar refractivity (Wildman–Crippen MR) is 76.2 cm³/mol. The molecule has 0 aliphatic carbocycles. The van der Waals surface area contributed by atoms with Gasteiger partial charge in [-0.05, 0) is 37.6 Å². The Kier molecular flexibility index (Phi) is 4.43. The molecular weight excluding hydrogens is 263 g/mol. The van der Waals surface area contributed by atoms with Crippen LogP contribution in [0.15, 0.2) is 36.4 Å². The van der Waals surface area contributed by atoms with E-state index in [1.807, 2.05) is 0 Å². The third kappa shape index (κ3) is 3.71. The van der Waals surface area contributed by atoms with E-state index in [0.717, 1.165) is 5.56 Å². The quantitative estimate of drug-likeness (QED) is 0.733. The number of aryl methyl sites for hydroxylation is 2. The minimum absolute atomic E-state index is 0.236. The second-order valence-corrected chi connectivity index (χ2v) is 4.94. The number of alkyl halides is 1. The van der Waals surface area contributed by atoms with Crippen molar-refractivity contribution in [2.45, 2.75) is 26.3 Å². The van der Waals surface area contributed by atoms with Crippen LogP contribution < -0.4 is 4.74 Å². The maximum absolute atomic E-state index is 13.1. The van der Waals surface area contributed by atoms with Crippen molar-refractivity contribution in [3.8, 4) is 5.75 Å². The van der Waals surface area contributed by atoms with Crippen molar-refractivity contribution in [3.05, 3.63) is 64.5 Å². The molecule has 0 saturated heterocycles. The van der Waals surface area contributed by atoms with Gasteiger partial charge in [0, 0.05) is 5.56 Å². The van der Waals surface area contributed by atoms with Crippen molar-refractivity contribution < 1.29 is 9.13 Å². The van der Waals surface area contributed by atoms with Crippen LogP contribution in [0, 0.1) is 19.7 Å². The summed E-state index contributed by atoms with van der Waals surface area (Å²) < 4.78 is 18.8. The topological polar surface area (TPSA) is 9.23 Å². The van der Waals surface area contributed by atoms with Crippen LogP contribution in [0.5, 0.6) is 5.75 Å². The lowest BCUT2D eigenvalue weighted by Crippen LogP contribution is -1.99. The number of rotatable bonds is 4. The summed E-state index contributed by atoms with van der Waals surface area (Å²) in [5.74, 6) is 0.574. The molecule has 1 nitrogen and oxygen atoms in total. The summed E-state index contributed by atoms with van der Waals surface area (Å²) in [5.41, 5.74) is 4.18. The molecule has 0 spiro atoms. The summed E-state index contributed by atoms with van der Waals surface area (Å²) in [6.45, 7) is 4.56. The van der Waals surface area contributed by atoms with Gasteiger partial charge in [-0.3, -0.25) is 0 Å². The highest BCUT2D eigenvalue weighted by Crippen LogP contribution is 2.23. The fourth-order valence-electron chi connectivity index (χ4n) is 2.11. The maximum Gasteiger partial charge on any atom is 0.124 e. The molecule has 0 fully saturated rings. The summed E-state index contributed by atoms with van der Waals surface area (Å²) in [5, 5.41) is 0. The van der Waals surface area contributed by atoms with Crippen LogP contribution in [-0.2, 0) is 12.5 Å². The Hall–Kier alpha value is -1.54. The zero-order valence-corrected chi connectivity index (χ0v) is 11.8. The molecule has 0 amide bonds. The van der Waals surface area contributed by atoms with E-state index >= 15 is 0 Å².